The summed E-state index contributed by atoms with van der Waals surface area (Å²) < 4.78 is 34.1. The summed E-state index contributed by atoms with van der Waals surface area (Å²) in [5.41, 5.74) is -1.78. The Bertz CT molecular complexity index is 528. The van der Waals surface area contributed by atoms with Gasteiger partial charge in [-0.15, -0.1) is 0 Å². The van der Waals surface area contributed by atoms with Crippen LogP contribution in [0.1, 0.15) is 26.7 Å². The van der Waals surface area contributed by atoms with Gasteiger partial charge in [0, 0.05) is 27.1 Å². The van der Waals surface area contributed by atoms with Gasteiger partial charge in [-0.05, 0) is 13.8 Å². The molecular weight excluding hydrogens is 336 g/mol. The Hall–Kier alpha value is -0.810. The van der Waals surface area contributed by atoms with Crippen molar-refractivity contribution in [3.63, 3.8) is 0 Å². The fourth-order valence-corrected chi connectivity index (χ4v) is 3.65. The Morgan fingerprint density at radius 1 is 1.12 bits per heavy atom. The van der Waals surface area contributed by atoms with Crippen molar-refractivity contribution in [2.75, 3.05) is 27.4 Å². The van der Waals surface area contributed by atoms with Crippen LogP contribution in [0.2, 0.25) is 0 Å². The van der Waals surface area contributed by atoms with Crippen LogP contribution in [-0.2, 0) is 33.2 Å². The van der Waals surface area contributed by atoms with Crippen molar-refractivity contribution in [1.29, 1.82) is 0 Å². The van der Waals surface area contributed by atoms with Gasteiger partial charge < -0.3 is 38.6 Å². The smallest absolute Gasteiger partial charge is 0.338 e. The lowest BCUT2D eigenvalue weighted by molar-refractivity contribution is -0.462. The molecule has 2 saturated heterocycles. The third-order valence-corrected chi connectivity index (χ3v) is 5.51. The van der Waals surface area contributed by atoms with E-state index in [2.05, 4.69) is 0 Å². The van der Waals surface area contributed by atoms with Crippen molar-refractivity contribution in [3.05, 3.63) is 0 Å². The van der Waals surface area contributed by atoms with Gasteiger partial charge in [-0.25, -0.2) is 4.79 Å². The Labute approximate surface area is 146 Å². The van der Waals surface area contributed by atoms with E-state index in [1.165, 1.54) is 14.2 Å². The summed E-state index contributed by atoms with van der Waals surface area (Å²) in [7, 11) is 2.95. The molecule has 0 aromatic heterocycles. The highest BCUT2D eigenvalue weighted by atomic mass is 16.8. The zero-order chi connectivity index (χ0) is 18.5. The van der Waals surface area contributed by atoms with E-state index in [1.807, 2.05) is 0 Å². The minimum atomic E-state index is -1.78. The monoisotopic (exact) mass is 362 g/mol. The van der Waals surface area contributed by atoms with Crippen molar-refractivity contribution in [2.45, 2.75) is 68.3 Å². The van der Waals surface area contributed by atoms with Crippen molar-refractivity contribution in [1.82, 2.24) is 0 Å². The van der Waals surface area contributed by atoms with E-state index in [0.717, 1.165) is 0 Å². The predicted octanol–water partition coefficient (Wildman–Crippen LogP) is -0.677. The fraction of sp³-hybridized carbons (Fsp3) is 0.938. The van der Waals surface area contributed by atoms with Crippen LogP contribution in [0.25, 0.3) is 0 Å². The maximum atomic E-state index is 12.4. The molecule has 2 bridgehead atoms. The van der Waals surface area contributed by atoms with Gasteiger partial charge >= 0.3 is 5.97 Å². The van der Waals surface area contributed by atoms with Crippen LogP contribution in [0.5, 0.6) is 0 Å². The van der Waals surface area contributed by atoms with Crippen molar-refractivity contribution >= 4 is 5.97 Å². The van der Waals surface area contributed by atoms with Crippen LogP contribution in [0.15, 0.2) is 0 Å². The quantitative estimate of drug-likeness (QED) is 0.631. The van der Waals surface area contributed by atoms with Crippen LogP contribution in [0.3, 0.4) is 0 Å². The molecule has 0 aromatic carbocycles. The number of hydrogen-bond donors (Lipinski definition) is 2. The fourth-order valence-electron chi connectivity index (χ4n) is 3.65. The zero-order valence-electron chi connectivity index (χ0n) is 14.9. The minimum Gasteiger partial charge on any atom is -0.455 e. The van der Waals surface area contributed by atoms with Gasteiger partial charge in [-0.1, -0.05) is 0 Å². The molecule has 0 radical (unpaired) electrons. The first-order valence-corrected chi connectivity index (χ1v) is 8.32. The second kappa shape index (κ2) is 6.41. The molecule has 144 valence electrons. The molecule has 2 heterocycles. The highest BCUT2D eigenvalue weighted by Gasteiger charge is 2.63. The molecule has 25 heavy (non-hydrogen) atoms. The number of rotatable bonds is 3. The number of carbonyl (C=O) groups excluding carboxylic acids is 1. The molecule has 0 aromatic rings. The third-order valence-electron chi connectivity index (χ3n) is 5.51. The van der Waals surface area contributed by atoms with Crippen LogP contribution < -0.4 is 0 Å². The Kier molecular flexibility index (Phi) is 4.87. The summed E-state index contributed by atoms with van der Waals surface area (Å²) in [4.78, 5) is 12.4. The van der Waals surface area contributed by atoms with Gasteiger partial charge in [0.05, 0.1) is 25.4 Å². The lowest BCUT2D eigenvalue weighted by Crippen LogP contribution is -2.71. The zero-order valence-corrected chi connectivity index (χ0v) is 14.9. The largest absolute Gasteiger partial charge is 0.455 e. The number of aliphatic hydroxyl groups is 2. The van der Waals surface area contributed by atoms with Gasteiger partial charge in [-0.3, -0.25) is 0 Å². The molecule has 1 saturated carbocycles. The van der Waals surface area contributed by atoms with Crippen LogP contribution in [0.4, 0.5) is 0 Å². The second-order valence-corrected chi connectivity index (χ2v) is 7.06. The first-order valence-electron chi connectivity index (χ1n) is 8.32. The van der Waals surface area contributed by atoms with Crippen molar-refractivity contribution in [2.24, 2.45) is 0 Å². The molecule has 0 spiro atoms. The molecule has 3 aliphatic rings. The molecule has 9 nitrogen and oxygen atoms in total. The molecular formula is C16H26O9. The van der Waals surface area contributed by atoms with Gasteiger partial charge in [0.15, 0.2) is 5.60 Å². The van der Waals surface area contributed by atoms with E-state index in [0.29, 0.717) is 0 Å². The molecule has 2 aliphatic heterocycles. The Balaban J connectivity index is 1.92. The summed E-state index contributed by atoms with van der Waals surface area (Å²) in [6, 6.07) is 0. The van der Waals surface area contributed by atoms with E-state index in [9.17, 15) is 15.0 Å². The summed E-state index contributed by atoms with van der Waals surface area (Å²) in [5.74, 6) is -3.24. The van der Waals surface area contributed by atoms with Crippen LogP contribution >= 0.6 is 0 Å². The third kappa shape index (κ3) is 2.97. The molecule has 0 amide bonds. The first-order chi connectivity index (χ1) is 11.7. The number of hydrogen-bond acceptors (Lipinski definition) is 9. The van der Waals surface area contributed by atoms with Crippen LogP contribution in [0, 0.1) is 0 Å². The molecule has 1 unspecified atom stereocenters. The lowest BCUT2D eigenvalue weighted by Gasteiger charge is -2.56. The second-order valence-electron chi connectivity index (χ2n) is 7.06. The standard InChI is InChI=1S/C16H26O9/c1-14(20-3)15(2,21-4)25-12-10-5-16(19,6-11(12)24-14)13(18)23-9(7-17)8-22-10/h9-12,17,19H,5-8H2,1-4H3/t9?,10-,11+,12+,14-,15-,16-/m0/s1. The van der Waals surface area contributed by atoms with E-state index < -0.39 is 54.2 Å². The molecule has 9 heteroatoms. The molecule has 2 N–H and O–H groups in total. The first kappa shape index (κ1) is 19.0. The molecule has 3 rings (SSSR count). The Morgan fingerprint density at radius 3 is 2.32 bits per heavy atom. The average molecular weight is 362 g/mol. The number of ether oxygens (including phenoxy) is 6. The van der Waals surface area contributed by atoms with Crippen LogP contribution in [-0.4, -0.2) is 85.2 Å². The number of cyclic esters (lactones) is 1. The average Bonchev–Trinajstić information content (AvgIpc) is 2.58. The van der Waals surface area contributed by atoms with Gasteiger partial charge in [-0.2, -0.15) is 0 Å². The van der Waals surface area contributed by atoms with Crippen molar-refractivity contribution < 1.29 is 43.4 Å². The molecule has 3 fully saturated rings. The number of aliphatic hydroxyl groups excluding tert-OH is 1. The summed E-state index contributed by atoms with van der Waals surface area (Å²) in [6.45, 7) is 2.97. The lowest BCUT2D eigenvalue weighted by atomic mass is 9.78. The number of esters is 1. The SMILES string of the molecule is CO[C@@]1(C)O[C@@H]2[C@@H]3C[C@](O)(C[C@H]2O[C@]1(C)OC)C(=O)OC(CO)CO3. The summed E-state index contributed by atoms with van der Waals surface area (Å²) in [5, 5.41) is 20.1. The van der Waals surface area contributed by atoms with E-state index in [1.54, 1.807) is 13.8 Å². The maximum absolute atomic E-state index is 12.4. The summed E-state index contributed by atoms with van der Waals surface area (Å²) in [6.07, 6.45) is -2.71. The number of methoxy groups -OCH3 is 2. The highest BCUT2D eigenvalue weighted by Crippen LogP contribution is 2.46. The van der Waals surface area contributed by atoms with Crippen molar-refractivity contribution in [3.8, 4) is 0 Å². The topological polar surface area (TPSA) is 113 Å². The number of carbonyl (C=O) groups is 1. The highest BCUT2D eigenvalue weighted by molar-refractivity contribution is 5.80. The normalized spacial score (nSPS) is 50.4. The van der Waals surface area contributed by atoms with Gasteiger partial charge in [0.25, 0.3) is 0 Å². The molecule has 7 atom stereocenters. The van der Waals surface area contributed by atoms with E-state index in [4.69, 9.17) is 28.4 Å². The Morgan fingerprint density at radius 2 is 1.72 bits per heavy atom. The predicted molar refractivity (Wildman–Crippen MR) is 81.5 cm³/mol. The van der Waals surface area contributed by atoms with E-state index >= 15 is 0 Å². The van der Waals surface area contributed by atoms with Gasteiger partial charge in [0.2, 0.25) is 11.6 Å². The summed E-state index contributed by atoms with van der Waals surface area (Å²) >= 11 is 0. The van der Waals surface area contributed by atoms with Gasteiger partial charge in [0.1, 0.15) is 12.2 Å². The maximum Gasteiger partial charge on any atom is 0.338 e. The minimum absolute atomic E-state index is 0.000802. The van der Waals surface area contributed by atoms with E-state index in [-0.39, 0.29) is 19.4 Å². The molecule has 1 aliphatic carbocycles. The number of fused-ring (bicyclic) bond motifs is 4.